The van der Waals surface area contributed by atoms with Crippen LogP contribution in [0.2, 0.25) is 0 Å². The van der Waals surface area contributed by atoms with Gasteiger partial charge in [-0.25, -0.2) is 4.98 Å². The number of fused-ring (bicyclic) bond motifs is 1. The molecular formula is C13H10BrN3O. The molecule has 2 heterocycles. The third-order valence-electron chi connectivity index (χ3n) is 2.86. The highest BCUT2D eigenvalue weighted by Crippen LogP contribution is 2.21. The van der Waals surface area contributed by atoms with Crippen molar-refractivity contribution >= 4 is 27.0 Å². The summed E-state index contributed by atoms with van der Waals surface area (Å²) >= 11 is 3.49. The van der Waals surface area contributed by atoms with Crippen LogP contribution in [-0.2, 0) is 7.05 Å². The number of nitrogens with zero attached hydrogens (tertiary/aromatic N) is 3. The molecule has 0 bridgehead atoms. The van der Waals surface area contributed by atoms with Gasteiger partial charge in [0.25, 0.3) is 5.56 Å². The number of benzene rings is 1. The van der Waals surface area contributed by atoms with E-state index in [0.29, 0.717) is 5.52 Å². The molecule has 1 aromatic carbocycles. The van der Waals surface area contributed by atoms with Crippen molar-refractivity contribution in [2.75, 3.05) is 0 Å². The van der Waals surface area contributed by atoms with Gasteiger partial charge in [0.05, 0.1) is 16.3 Å². The second-order valence-corrected chi connectivity index (χ2v) is 4.89. The van der Waals surface area contributed by atoms with Gasteiger partial charge in [0.2, 0.25) is 0 Å². The summed E-state index contributed by atoms with van der Waals surface area (Å²) in [5.74, 6) is 0. The zero-order valence-corrected chi connectivity index (χ0v) is 11.3. The Labute approximate surface area is 112 Å². The lowest BCUT2D eigenvalue weighted by Crippen LogP contribution is -2.18. The maximum atomic E-state index is 12.4. The van der Waals surface area contributed by atoms with Crippen molar-refractivity contribution in [2.24, 2.45) is 7.05 Å². The number of aromatic nitrogens is 3. The van der Waals surface area contributed by atoms with Crippen LogP contribution in [0, 0.1) is 0 Å². The van der Waals surface area contributed by atoms with E-state index < -0.39 is 0 Å². The smallest absolute Gasteiger partial charge is 0.283 e. The molecule has 0 fully saturated rings. The first-order valence-electron chi connectivity index (χ1n) is 5.46. The SMILES string of the molecule is Cn1cnc2c(=O)n(-c3ccccc3)cc(Br)c21. The lowest BCUT2D eigenvalue weighted by Gasteiger charge is -2.07. The Balaban J connectivity index is 2.40. The second-order valence-electron chi connectivity index (χ2n) is 4.04. The van der Waals surface area contributed by atoms with Gasteiger partial charge in [0.15, 0.2) is 5.52 Å². The molecule has 3 aromatic rings. The van der Waals surface area contributed by atoms with Gasteiger partial charge < -0.3 is 4.57 Å². The Morgan fingerprint density at radius 3 is 2.67 bits per heavy atom. The van der Waals surface area contributed by atoms with Crippen molar-refractivity contribution in [2.45, 2.75) is 0 Å². The topological polar surface area (TPSA) is 39.8 Å². The Morgan fingerprint density at radius 2 is 1.94 bits per heavy atom. The van der Waals surface area contributed by atoms with Gasteiger partial charge in [0, 0.05) is 18.9 Å². The Morgan fingerprint density at radius 1 is 1.22 bits per heavy atom. The van der Waals surface area contributed by atoms with E-state index in [1.54, 1.807) is 17.1 Å². The number of hydrogen-bond acceptors (Lipinski definition) is 2. The Kier molecular flexibility index (Phi) is 2.56. The van der Waals surface area contributed by atoms with E-state index in [1.165, 1.54) is 0 Å². The molecule has 0 aliphatic heterocycles. The zero-order chi connectivity index (χ0) is 12.7. The van der Waals surface area contributed by atoms with E-state index in [2.05, 4.69) is 20.9 Å². The first-order valence-corrected chi connectivity index (χ1v) is 6.25. The largest absolute Gasteiger partial charge is 0.333 e. The molecule has 90 valence electrons. The molecule has 0 aliphatic carbocycles. The molecule has 18 heavy (non-hydrogen) atoms. The molecule has 5 heteroatoms. The highest BCUT2D eigenvalue weighted by molar-refractivity contribution is 9.10. The van der Waals surface area contributed by atoms with E-state index in [0.717, 1.165) is 15.7 Å². The number of hydrogen-bond donors (Lipinski definition) is 0. The lowest BCUT2D eigenvalue weighted by atomic mass is 10.3. The van der Waals surface area contributed by atoms with Gasteiger partial charge in [-0.3, -0.25) is 9.36 Å². The van der Waals surface area contributed by atoms with Crippen LogP contribution in [0.25, 0.3) is 16.7 Å². The average Bonchev–Trinajstić information content (AvgIpc) is 2.78. The summed E-state index contributed by atoms with van der Waals surface area (Å²) in [7, 11) is 1.87. The minimum Gasteiger partial charge on any atom is -0.333 e. The molecular weight excluding hydrogens is 294 g/mol. The molecule has 2 aromatic heterocycles. The molecule has 0 N–H and O–H groups in total. The predicted molar refractivity (Wildman–Crippen MR) is 74.0 cm³/mol. The molecule has 0 saturated heterocycles. The third kappa shape index (κ3) is 1.59. The Bertz CT molecular complexity index is 774. The second kappa shape index (κ2) is 4.10. The van der Waals surface area contributed by atoms with Gasteiger partial charge in [0.1, 0.15) is 0 Å². The van der Waals surface area contributed by atoms with Crippen molar-refractivity contribution in [3.8, 4) is 5.69 Å². The monoisotopic (exact) mass is 303 g/mol. The highest BCUT2D eigenvalue weighted by Gasteiger charge is 2.12. The molecule has 0 radical (unpaired) electrons. The van der Waals surface area contributed by atoms with Crippen LogP contribution in [0.15, 0.2) is 52.1 Å². The quantitative estimate of drug-likeness (QED) is 0.693. The summed E-state index contributed by atoms with van der Waals surface area (Å²) in [5, 5.41) is 0. The summed E-state index contributed by atoms with van der Waals surface area (Å²) < 4.78 is 4.27. The fourth-order valence-electron chi connectivity index (χ4n) is 2.00. The van der Waals surface area contributed by atoms with E-state index in [-0.39, 0.29) is 5.56 Å². The zero-order valence-electron chi connectivity index (χ0n) is 9.67. The molecule has 4 nitrogen and oxygen atoms in total. The summed E-state index contributed by atoms with van der Waals surface area (Å²) in [5.41, 5.74) is 2.00. The molecule has 0 spiro atoms. The van der Waals surface area contributed by atoms with Gasteiger partial charge in [-0.15, -0.1) is 0 Å². The van der Waals surface area contributed by atoms with Crippen LogP contribution in [0.4, 0.5) is 0 Å². The molecule has 0 unspecified atom stereocenters. The summed E-state index contributed by atoms with van der Waals surface area (Å²) in [6, 6.07) is 9.50. The fourth-order valence-corrected chi connectivity index (χ4v) is 2.67. The van der Waals surface area contributed by atoms with Crippen molar-refractivity contribution in [3.63, 3.8) is 0 Å². The number of pyridine rings is 1. The Hall–Kier alpha value is -1.88. The molecule has 0 saturated carbocycles. The standard InChI is InChI=1S/C13H10BrN3O/c1-16-8-15-11-12(16)10(14)7-17(13(11)18)9-5-3-2-4-6-9/h2-8H,1H3. The molecule has 0 atom stereocenters. The summed E-state index contributed by atoms with van der Waals surface area (Å²) in [6.45, 7) is 0. The van der Waals surface area contributed by atoms with E-state index in [9.17, 15) is 4.79 Å². The van der Waals surface area contributed by atoms with E-state index >= 15 is 0 Å². The maximum Gasteiger partial charge on any atom is 0.283 e. The number of para-hydroxylation sites is 1. The van der Waals surface area contributed by atoms with Crippen molar-refractivity contribution in [1.29, 1.82) is 0 Å². The number of rotatable bonds is 1. The normalized spacial score (nSPS) is 11.0. The van der Waals surface area contributed by atoms with Crippen LogP contribution in [0.5, 0.6) is 0 Å². The fraction of sp³-hybridized carbons (Fsp3) is 0.0769. The van der Waals surface area contributed by atoms with Gasteiger partial charge in [-0.1, -0.05) is 18.2 Å². The van der Waals surface area contributed by atoms with Crippen LogP contribution < -0.4 is 5.56 Å². The van der Waals surface area contributed by atoms with Crippen molar-refractivity contribution < 1.29 is 0 Å². The molecule has 0 aliphatic rings. The van der Waals surface area contributed by atoms with Crippen LogP contribution in [-0.4, -0.2) is 14.1 Å². The minimum absolute atomic E-state index is 0.111. The van der Waals surface area contributed by atoms with Gasteiger partial charge in [-0.2, -0.15) is 0 Å². The summed E-state index contributed by atoms with van der Waals surface area (Å²) in [4.78, 5) is 16.5. The summed E-state index contributed by atoms with van der Waals surface area (Å²) in [6.07, 6.45) is 3.42. The minimum atomic E-state index is -0.111. The average molecular weight is 304 g/mol. The van der Waals surface area contributed by atoms with Crippen molar-refractivity contribution in [3.05, 3.63) is 57.7 Å². The number of aryl methyl sites for hydroxylation is 1. The number of imidazole rings is 1. The van der Waals surface area contributed by atoms with Crippen molar-refractivity contribution in [1.82, 2.24) is 14.1 Å². The predicted octanol–water partition coefficient (Wildman–Crippen LogP) is 2.49. The van der Waals surface area contributed by atoms with E-state index in [4.69, 9.17) is 0 Å². The molecule has 3 rings (SSSR count). The number of halogens is 1. The van der Waals surface area contributed by atoms with E-state index in [1.807, 2.05) is 41.9 Å². The highest BCUT2D eigenvalue weighted by atomic mass is 79.9. The first-order chi connectivity index (χ1) is 8.68. The third-order valence-corrected chi connectivity index (χ3v) is 3.44. The van der Waals surface area contributed by atoms with Crippen LogP contribution >= 0.6 is 15.9 Å². The van der Waals surface area contributed by atoms with Crippen LogP contribution in [0.1, 0.15) is 0 Å². The van der Waals surface area contributed by atoms with Gasteiger partial charge in [-0.05, 0) is 28.1 Å². The van der Waals surface area contributed by atoms with Crippen LogP contribution in [0.3, 0.4) is 0 Å². The maximum absolute atomic E-state index is 12.4. The molecule has 0 amide bonds. The van der Waals surface area contributed by atoms with Gasteiger partial charge >= 0.3 is 0 Å². The lowest BCUT2D eigenvalue weighted by molar-refractivity contribution is 0.941. The first kappa shape index (κ1) is 11.2.